The summed E-state index contributed by atoms with van der Waals surface area (Å²) in [4.78, 5) is 34.6. The SMILES string of the molecule is C=Cc1ccc2c(c1)C(=O)C(O)(NC(N)=O)C2=O. The van der Waals surface area contributed by atoms with Crippen molar-refractivity contribution in [2.45, 2.75) is 5.72 Å². The van der Waals surface area contributed by atoms with Crippen LogP contribution < -0.4 is 11.1 Å². The first-order valence-corrected chi connectivity index (χ1v) is 5.06. The van der Waals surface area contributed by atoms with Gasteiger partial charge in [0.25, 0.3) is 5.72 Å². The lowest BCUT2D eigenvalue weighted by atomic mass is 10.1. The van der Waals surface area contributed by atoms with Crippen LogP contribution in [-0.2, 0) is 0 Å². The average Bonchev–Trinajstić information content (AvgIpc) is 2.51. The molecule has 1 unspecified atom stereocenters. The van der Waals surface area contributed by atoms with Crippen LogP contribution in [-0.4, -0.2) is 28.4 Å². The number of Topliss-reactive ketones (excluding diaryl/α,β-unsaturated/α-hetero) is 2. The van der Waals surface area contributed by atoms with Gasteiger partial charge in [-0.05, 0) is 17.7 Å². The lowest BCUT2D eigenvalue weighted by Gasteiger charge is -2.18. The second kappa shape index (κ2) is 3.78. The van der Waals surface area contributed by atoms with Gasteiger partial charge in [-0.3, -0.25) is 14.9 Å². The monoisotopic (exact) mass is 246 g/mol. The number of urea groups is 1. The number of primary amides is 1. The van der Waals surface area contributed by atoms with Crippen molar-refractivity contribution in [2.75, 3.05) is 0 Å². The molecule has 1 aromatic carbocycles. The number of hydrogen-bond acceptors (Lipinski definition) is 4. The first-order chi connectivity index (χ1) is 8.40. The van der Waals surface area contributed by atoms with Crippen molar-refractivity contribution < 1.29 is 19.5 Å². The number of benzene rings is 1. The van der Waals surface area contributed by atoms with Crippen molar-refractivity contribution >= 4 is 23.7 Å². The fourth-order valence-corrected chi connectivity index (χ4v) is 1.86. The fraction of sp³-hybridized carbons (Fsp3) is 0.0833. The predicted octanol–water partition coefficient (Wildman–Crippen LogP) is 0.0655. The summed E-state index contributed by atoms with van der Waals surface area (Å²) in [6.45, 7) is 3.54. The van der Waals surface area contributed by atoms with Crippen LogP contribution in [0.25, 0.3) is 6.08 Å². The second-order valence-corrected chi connectivity index (χ2v) is 3.87. The van der Waals surface area contributed by atoms with Gasteiger partial charge in [0.2, 0.25) is 11.6 Å². The third-order valence-corrected chi connectivity index (χ3v) is 2.73. The number of nitrogens with one attached hydrogen (secondary N) is 1. The molecule has 2 rings (SSSR count). The molecule has 0 saturated carbocycles. The molecular weight excluding hydrogens is 236 g/mol. The second-order valence-electron chi connectivity index (χ2n) is 3.87. The number of fused-ring (bicyclic) bond motifs is 1. The minimum absolute atomic E-state index is 0.0358. The molecule has 0 radical (unpaired) electrons. The summed E-state index contributed by atoms with van der Waals surface area (Å²) in [6.07, 6.45) is 1.50. The smallest absolute Gasteiger partial charge is 0.315 e. The van der Waals surface area contributed by atoms with Crippen molar-refractivity contribution in [3.8, 4) is 0 Å². The van der Waals surface area contributed by atoms with Gasteiger partial charge in [0.05, 0.1) is 0 Å². The van der Waals surface area contributed by atoms with Crippen LogP contribution in [0.15, 0.2) is 24.8 Å². The number of nitrogens with two attached hydrogens (primary N) is 1. The highest BCUT2D eigenvalue weighted by molar-refractivity contribution is 6.32. The maximum absolute atomic E-state index is 12.0. The van der Waals surface area contributed by atoms with Crippen LogP contribution in [0.3, 0.4) is 0 Å². The van der Waals surface area contributed by atoms with Crippen molar-refractivity contribution in [3.63, 3.8) is 0 Å². The highest BCUT2D eigenvalue weighted by Crippen LogP contribution is 2.29. The highest BCUT2D eigenvalue weighted by Gasteiger charge is 2.53. The molecule has 6 heteroatoms. The van der Waals surface area contributed by atoms with E-state index in [1.54, 1.807) is 11.4 Å². The third-order valence-electron chi connectivity index (χ3n) is 2.73. The van der Waals surface area contributed by atoms with E-state index >= 15 is 0 Å². The fourth-order valence-electron chi connectivity index (χ4n) is 1.86. The molecule has 0 bridgehead atoms. The zero-order valence-electron chi connectivity index (χ0n) is 9.27. The van der Waals surface area contributed by atoms with Crippen LogP contribution >= 0.6 is 0 Å². The first kappa shape index (κ1) is 12.0. The van der Waals surface area contributed by atoms with Crippen LogP contribution in [0.4, 0.5) is 4.79 Å². The van der Waals surface area contributed by atoms with Gasteiger partial charge >= 0.3 is 6.03 Å². The van der Waals surface area contributed by atoms with E-state index in [1.807, 2.05) is 0 Å². The quantitative estimate of drug-likeness (QED) is 0.506. The Morgan fingerprint density at radius 3 is 2.50 bits per heavy atom. The Labute approximate surface area is 102 Å². The Morgan fingerprint density at radius 1 is 1.33 bits per heavy atom. The van der Waals surface area contributed by atoms with Crippen molar-refractivity contribution in [1.29, 1.82) is 0 Å². The number of carbonyl (C=O) groups excluding carboxylic acids is 3. The molecule has 18 heavy (non-hydrogen) atoms. The normalized spacial score (nSPS) is 21.6. The average molecular weight is 246 g/mol. The Bertz CT molecular complexity index is 594. The van der Waals surface area contributed by atoms with E-state index in [-0.39, 0.29) is 11.1 Å². The van der Waals surface area contributed by atoms with Gasteiger partial charge in [-0.1, -0.05) is 18.7 Å². The summed E-state index contributed by atoms with van der Waals surface area (Å²) in [5.74, 6) is -1.79. The van der Waals surface area contributed by atoms with E-state index in [9.17, 15) is 19.5 Å². The summed E-state index contributed by atoms with van der Waals surface area (Å²) in [5, 5.41) is 11.7. The zero-order valence-corrected chi connectivity index (χ0v) is 9.27. The van der Waals surface area contributed by atoms with Crippen molar-refractivity contribution in [3.05, 3.63) is 41.5 Å². The predicted molar refractivity (Wildman–Crippen MR) is 62.9 cm³/mol. The molecule has 0 aliphatic heterocycles. The lowest BCUT2D eigenvalue weighted by molar-refractivity contribution is 0.0248. The molecule has 0 spiro atoms. The summed E-state index contributed by atoms with van der Waals surface area (Å²) in [6, 6.07) is 3.24. The van der Waals surface area contributed by atoms with Gasteiger partial charge in [0.15, 0.2) is 0 Å². The number of rotatable bonds is 2. The van der Waals surface area contributed by atoms with E-state index in [0.717, 1.165) is 0 Å². The van der Waals surface area contributed by atoms with E-state index < -0.39 is 23.3 Å². The molecule has 1 aliphatic carbocycles. The molecule has 1 aromatic rings. The van der Waals surface area contributed by atoms with Gasteiger partial charge < -0.3 is 10.8 Å². The topological polar surface area (TPSA) is 109 Å². The van der Waals surface area contributed by atoms with Gasteiger partial charge in [-0.15, -0.1) is 0 Å². The number of hydrogen-bond donors (Lipinski definition) is 3. The van der Waals surface area contributed by atoms with Crippen LogP contribution in [0.2, 0.25) is 0 Å². The number of ketones is 2. The number of amides is 2. The van der Waals surface area contributed by atoms with Crippen molar-refractivity contribution in [2.24, 2.45) is 5.73 Å². The van der Waals surface area contributed by atoms with Crippen LogP contribution in [0.5, 0.6) is 0 Å². The maximum Gasteiger partial charge on any atom is 0.315 e. The molecule has 0 aromatic heterocycles. The van der Waals surface area contributed by atoms with Gasteiger partial charge in [0, 0.05) is 11.1 Å². The van der Waals surface area contributed by atoms with E-state index in [1.165, 1.54) is 18.2 Å². The summed E-state index contributed by atoms with van der Waals surface area (Å²) in [5.41, 5.74) is 2.94. The lowest BCUT2D eigenvalue weighted by Crippen LogP contribution is -2.58. The molecule has 1 atom stereocenters. The first-order valence-electron chi connectivity index (χ1n) is 5.06. The molecule has 6 nitrogen and oxygen atoms in total. The zero-order chi connectivity index (χ0) is 13.5. The van der Waals surface area contributed by atoms with Crippen molar-refractivity contribution in [1.82, 2.24) is 5.32 Å². The Hall–Kier alpha value is -2.47. The largest absolute Gasteiger partial charge is 0.358 e. The molecular formula is C12H10N2O4. The highest BCUT2D eigenvalue weighted by atomic mass is 16.3. The van der Waals surface area contributed by atoms with E-state index in [0.29, 0.717) is 5.56 Å². The van der Waals surface area contributed by atoms with Crippen LogP contribution in [0.1, 0.15) is 26.3 Å². The van der Waals surface area contributed by atoms with E-state index in [2.05, 4.69) is 6.58 Å². The molecule has 0 heterocycles. The number of carbonyl (C=O) groups is 3. The minimum Gasteiger partial charge on any atom is -0.358 e. The summed E-state index contributed by atoms with van der Waals surface area (Å²) >= 11 is 0. The standard InChI is InChI=1S/C12H10N2O4/c1-2-6-3-4-7-8(5-6)10(16)12(18,9(7)15)14-11(13)17/h2-5,18H,1H2,(H3,13,14,17). The van der Waals surface area contributed by atoms with Crippen LogP contribution in [0, 0.1) is 0 Å². The molecule has 0 saturated heterocycles. The molecule has 92 valence electrons. The Kier molecular flexibility index (Phi) is 2.52. The van der Waals surface area contributed by atoms with E-state index in [4.69, 9.17) is 5.73 Å². The maximum atomic E-state index is 12.0. The Balaban J connectivity index is 2.56. The molecule has 1 aliphatic rings. The molecule has 0 fully saturated rings. The van der Waals surface area contributed by atoms with Gasteiger partial charge in [0.1, 0.15) is 0 Å². The minimum atomic E-state index is -2.60. The van der Waals surface area contributed by atoms with Gasteiger partial charge in [-0.2, -0.15) is 0 Å². The summed E-state index contributed by atoms with van der Waals surface area (Å²) < 4.78 is 0. The number of aliphatic hydroxyl groups is 1. The van der Waals surface area contributed by atoms with Gasteiger partial charge in [-0.25, -0.2) is 4.79 Å². The Morgan fingerprint density at radius 2 is 1.94 bits per heavy atom. The summed E-state index contributed by atoms with van der Waals surface area (Å²) in [7, 11) is 0. The molecule has 4 N–H and O–H groups in total. The molecule has 2 amide bonds. The third kappa shape index (κ3) is 1.51.